The molecule has 1 spiro atoms. The van der Waals surface area contributed by atoms with Crippen molar-refractivity contribution in [2.75, 3.05) is 0 Å². The third kappa shape index (κ3) is 2.88. The summed E-state index contributed by atoms with van der Waals surface area (Å²) in [6.07, 6.45) is 0.441. The van der Waals surface area contributed by atoms with Crippen LogP contribution >= 0.6 is 0 Å². The number of aliphatic hydroxyl groups is 1. The fourth-order valence-corrected chi connectivity index (χ4v) is 7.75. The quantitative estimate of drug-likeness (QED) is 0.539. The second-order valence-corrected chi connectivity index (χ2v) is 10.3. The van der Waals surface area contributed by atoms with Gasteiger partial charge in [-0.2, -0.15) is 0 Å². The molecule has 0 radical (unpaired) electrons. The minimum absolute atomic E-state index is 0.0593. The molecule has 31 heavy (non-hydrogen) atoms. The number of hydrogen-bond donors (Lipinski definition) is 1. The van der Waals surface area contributed by atoms with E-state index in [1.807, 2.05) is 6.92 Å². The predicted molar refractivity (Wildman–Crippen MR) is 110 cm³/mol. The van der Waals surface area contributed by atoms with Crippen LogP contribution in [0.2, 0.25) is 0 Å². The van der Waals surface area contributed by atoms with E-state index in [9.17, 15) is 24.3 Å². The van der Waals surface area contributed by atoms with Gasteiger partial charge >= 0.3 is 11.9 Å². The molecule has 4 fully saturated rings. The Bertz CT molecular complexity index is 860. The summed E-state index contributed by atoms with van der Waals surface area (Å²) in [5, 5.41) is 10.5. The van der Waals surface area contributed by atoms with E-state index in [1.165, 1.54) is 13.8 Å². The summed E-state index contributed by atoms with van der Waals surface area (Å²) in [7, 11) is 0. The average Bonchev–Trinajstić information content (AvgIpc) is 2.78. The lowest BCUT2D eigenvalue weighted by Crippen LogP contribution is -2.70. The highest BCUT2D eigenvalue weighted by molar-refractivity contribution is 6.10. The molecule has 0 aromatic carbocycles. The van der Waals surface area contributed by atoms with E-state index in [1.54, 1.807) is 6.92 Å². The minimum atomic E-state index is -1.44. The molecule has 0 aromatic rings. The summed E-state index contributed by atoms with van der Waals surface area (Å²) in [6, 6.07) is 0. The van der Waals surface area contributed by atoms with Gasteiger partial charge < -0.3 is 14.6 Å². The Morgan fingerprint density at radius 2 is 1.84 bits per heavy atom. The first-order valence-electron chi connectivity index (χ1n) is 11.2. The zero-order valence-electron chi connectivity index (χ0n) is 18.7. The smallest absolute Gasteiger partial charge is 0.302 e. The van der Waals surface area contributed by atoms with E-state index in [0.717, 1.165) is 19.3 Å². The molecule has 0 aromatic heterocycles. The van der Waals surface area contributed by atoms with Crippen LogP contribution in [0.1, 0.15) is 59.8 Å². The number of Topliss-reactive ketones (excluding diaryl/α,β-unsaturated/α-hetero) is 2. The van der Waals surface area contributed by atoms with E-state index in [0.29, 0.717) is 6.42 Å². The molecule has 1 N–H and O–H groups in total. The van der Waals surface area contributed by atoms with Crippen molar-refractivity contribution >= 4 is 23.5 Å². The van der Waals surface area contributed by atoms with Crippen molar-refractivity contribution < 1.29 is 33.8 Å². The van der Waals surface area contributed by atoms with Crippen molar-refractivity contribution in [1.82, 2.24) is 0 Å². The van der Waals surface area contributed by atoms with Crippen molar-refractivity contribution in [3.63, 3.8) is 0 Å². The number of hydrogen-bond acceptors (Lipinski definition) is 7. The van der Waals surface area contributed by atoms with Crippen molar-refractivity contribution in [3.8, 4) is 0 Å². The Labute approximate surface area is 182 Å². The number of carbonyl (C=O) groups is 4. The molecule has 4 aliphatic rings. The predicted octanol–water partition coefficient (Wildman–Crippen LogP) is 2.39. The molecule has 7 nitrogen and oxygen atoms in total. The van der Waals surface area contributed by atoms with E-state index >= 15 is 0 Å². The van der Waals surface area contributed by atoms with Gasteiger partial charge in [0, 0.05) is 32.1 Å². The summed E-state index contributed by atoms with van der Waals surface area (Å²) < 4.78 is 11.5. The van der Waals surface area contributed by atoms with Crippen LogP contribution in [-0.2, 0) is 28.7 Å². The van der Waals surface area contributed by atoms with Gasteiger partial charge in [-0.3, -0.25) is 19.2 Å². The lowest BCUT2D eigenvalue weighted by atomic mass is 9.41. The third-order valence-corrected chi connectivity index (χ3v) is 8.69. The third-order valence-electron chi connectivity index (χ3n) is 8.69. The van der Waals surface area contributed by atoms with Gasteiger partial charge in [0.2, 0.25) is 0 Å². The van der Waals surface area contributed by atoms with Gasteiger partial charge in [-0.1, -0.05) is 19.9 Å². The summed E-state index contributed by atoms with van der Waals surface area (Å²) in [5.74, 6) is -2.96. The highest BCUT2D eigenvalue weighted by Gasteiger charge is 2.78. The maximum atomic E-state index is 13.8. The first kappa shape index (κ1) is 22.2. The Morgan fingerprint density at radius 1 is 1.19 bits per heavy atom. The fourth-order valence-electron chi connectivity index (χ4n) is 7.75. The minimum Gasteiger partial charge on any atom is -0.461 e. The molecular formula is C24H32O7. The maximum absolute atomic E-state index is 13.8. The summed E-state index contributed by atoms with van der Waals surface area (Å²) in [4.78, 5) is 51.6. The molecule has 4 rings (SSSR count). The van der Waals surface area contributed by atoms with Crippen molar-refractivity contribution in [2.24, 2.45) is 34.5 Å². The van der Waals surface area contributed by atoms with Crippen molar-refractivity contribution in [2.45, 2.75) is 78.1 Å². The molecule has 0 heterocycles. The van der Waals surface area contributed by atoms with Gasteiger partial charge in [-0.25, -0.2) is 0 Å². The molecule has 0 aliphatic heterocycles. The van der Waals surface area contributed by atoms with Gasteiger partial charge in [0.05, 0.1) is 6.10 Å². The number of fused-ring (bicyclic) bond motifs is 3. The van der Waals surface area contributed by atoms with Crippen molar-refractivity contribution in [3.05, 3.63) is 12.2 Å². The van der Waals surface area contributed by atoms with Gasteiger partial charge in [0.1, 0.15) is 23.4 Å². The van der Waals surface area contributed by atoms with Gasteiger partial charge in [-0.05, 0) is 49.0 Å². The SMILES string of the molecule is C=C1C(=O)C23C(OC(C)=O)CC4[C@@H](C(C)O)CCC[C@@]4(C)C2C(=O)CC1C3OC(C)=O. The zero-order valence-corrected chi connectivity index (χ0v) is 18.7. The maximum Gasteiger partial charge on any atom is 0.302 e. The molecule has 4 saturated carbocycles. The van der Waals surface area contributed by atoms with Crippen molar-refractivity contribution in [1.29, 1.82) is 0 Å². The number of rotatable bonds is 3. The van der Waals surface area contributed by atoms with Gasteiger partial charge in [0.15, 0.2) is 5.78 Å². The van der Waals surface area contributed by atoms with Crippen LogP contribution in [0.25, 0.3) is 0 Å². The normalized spacial score (nSPS) is 44.9. The Balaban J connectivity index is 1.95. The number of ether oxygens (including phenoxy) is 2. The standard InChI is InChI=1S/C24H32O7/c1-11-16-9-18(28)20-23(5)8-6-7-15(12(2)25)17(23)10-19(30-13(3)26)24(20,21(11)29)22(16)31-14(4)27/h12,15-17,19-20,22,25H,1,6-10H2,2-5H3/t12?,15-,16?,17?,19?,20?,22?,23-,24?/m1/s1. The molecule has 2 bridgehead atoms. The molecule has 9 atom stereocenters. The van der Waals surface area contributed by atoms with Crippen LogP contribution in [0.15, 0.2) is 12.2 Å². The second kappa shape index (κ2) is 7.26. The van der Waals surface area contributed by atoms with E-state index in [2.05, 4.69) is 6.58 Å². The van der Waals surface area contributed by atoms with E-state index in [4.69, 9.17) is 9.47 Å². The Hall–Kier alpha value is -2.02. The summed E-state index contributed by atoms with van der Waals surface area (Å²) in [6.45, 7) is 10.3. The highest BCUT2D eigenvalue weighted by atomic mass is 16.6. The lowest BCUT2D eigenvalue weighted by molar-refractivity contribution is -0.230. The van der Waals surface area contributed by atoms with Crippen LogP contribution < -0.4 is 0 Å². The Kier molecular flexibility index (Phi) is 5.19. The first-order valence-corrected chi connectivity index (χ1v) is 11.2. The fraction of sp³-hybridized carbons (Fsp3) is 0.750. The van der Waals surface area contributed by atoms with Crippen LogP contribution in [0.3, 0.4) is 0 Å². The molecule has 7 unspecified atom stereocenters. The highest BCUT2D eigenvalue weighted by Crippen LogP contribution is 2.69. The lowest BCUT2D eigenvalue weighted by Gasteiger charge is -2.63. The molecule has 0 saturated heterocycles. The topological polar surface area (TPSA) is 107 Å². The van der Waals surface area contributed by atoms with Crippen LogP contribution in [0.5, 0.6) is 0 Å². The molecule has 170 valence electrons. The number of carbonyl (C=O) groups excluding carboxylic acids is 4. The van der Waals surface area contributed by atoms with Crippen LogP contribution in [0, 0.1) is 34.5 Å². The van der Waals surface area contributed by atoms with E-state index in [-0.39, 0.29) is 35.4 Å². The first-order chi connectivity index (χ1) is 14.5. The number of esters is 2. The molecular weight excluding hydrogens is 400 g/mol. The second-order valence-electron chi connectivity index (χ2n) is 10.3. The Morgan fingerprint density at radius 3 is 2.42 bits per heavy atom. The summed E-state index contributed by atoms with van der Waals surface area (Å²) >= 11 is 0. The van der Waals surface area contributed by atoms with Gasteiger partial charge in [-0.15, -0.1) is 0 Å². The largest absolute Gasteiger partial charge is 0.461 e. The number of ketones is 2. The van der Waals surface area contributed by atoms with Crippen LogP contribution in [0.4, 0.5) is 0 Å². The zero-order chi connectivity index (χ0) is 22.9. The summed E-state index contributed by atoms with van der Waals surface area (Å²) in [5.41, 5.74) is -1.73. The van der Waals surface area contributed by atoms with Crippen LogP contribution in [-0.4, -0.2) is 46.9 Å². The van der Waals surface area contributed by atoms with Gasteiger partial charge in [0.25, 0.3) is 0 Å². The monoisotopic (exact) mass is 432 g/mol. The number of aliphatic hydroxyl groups excluding tert-OH is 1. The molecule has 4 aliphatic carbocycles. The molecule has 7 heteroatoms. The average molecular weight is 433 g/mol. The molecule has 0 amide bonds. The van der Waals surface area contributed by atoms with E-state index < -0.39 is 52.9 Å².